The first kappa shape index (κ1) is 41.2. The van der Waals surface area contributed by atoms with E-state index in [4.69, 9.17) is 18.8 Å². The van der Waals surface area contributed by atoms with Crippen molar-refractivity contribution in [3.05, 3.63) is 144 Å². The number of halogens is 2. The van der Waals surface area contributed by atoms with Crippen molar-refractivity contribution in [1.82, 2.24) is 29.1 Å². The van der Waals surface area contributed by atoms with Crippen LogP contribution in [0.15, 0.2) is 126 Å². The van der Waals surface area contributed by atoms with Crippen molar-refractivity contribution in [3.8, 4) is 11.4 Å². The maximum absolute atomic E-state index is 14.9. The molecule has 2 aliphatic rings. The molecule has 0 aliphatic carbocycles. The molecule has 4 aromatic carbocycles. The number of anilines is 2. The average Bonchev–Trinajstić information content (AvgIpc) is 4.01. The molecule has 0 amide bonds. The smallest absolute Gasteiger partial charge is 0.350 e. The molecule has 18 heteroatoms. The highest BCUT2D eigenvalue weighted by molar-refractivity contribution is 7.85. The minimum absolute atomic E-state index is 0.0334. The largest absolute Gasteiger partial charge is 0.491 e. The fourth-order valence-electron chi connectivity index (χ4n) is 6.83. The number of ether oxygens (including phenoxy) is 3. The van der Waals surface area contributed by atoms with Crippen LogP contribution in [0.1, 0.15) is 31.9 Å². The lowest BCUT2D eigenvalue weighted by Gasteiger charge is -2.37. The van der Waals surface area contributed by atoms with E-state index in [1.165, 1.54) is 46.3 Å². The molecular formula is C41H44F2N8O7S. The molecule has 0 saturated carbocycles. The van der Waals surface area contributed by atoms with Gasteiger partial charge >= 0.3 is 5.69 Å². The van der Waals surface area contributed by atoms with Crippen LogP contribution in [-0.4, -0.2) is 87.6 Å². The van der Waals surface area contributed by atoms with Crippen LogP contribution in [0.5, 0.6) is 5.75 Å². The van der Waals surface area contributed by atoms with Gasteiger partial charge in [0.25, 0.3) is 10.1 Å². The lowest BCUT2D eigenvalue weighted by Crippen LogP contribution is -2.46. The number of piperazine rings is 1. The Balaban J connectivity index is 0.000000463. The molecule has 59 heavy (non-hydrogen) atoms. The van der Waals surface area contributed by atoms with E-state index >= 15 is 0 Å². The highest BCUT2D eigenvalue weighted by Gasteiger charge is 2.46. The topological polar surface area (TPSA) is 159 Å². The second kappa shape index (κ2) is 17.9. The summed E-state index contributed by atoms with van der Waals surface area (Å²) in [5.74, 6) is -2.30. The van der Waals surface area contributed by atoms with Crippen LogP contribution < -0.4 is 20.2 Å². The number of benzene rings is 4. The van der Waals surface area contributed by atoms with Crippen LogP contribution in [-0.2, 0) is 31.9 Å². The van der Waals surface area contributed by atoms with Crippen molar-refractivity contribution in [1.29, 1.82) is 0 Å². The van der Waals surface area contributed by atoms with E-state index in [-0.39, 0.29) is 41.9 Å². The summed E-state index contributed by atoms with van der Waals surface area (Å²) in [7, 11) is -4.00. The fourth-order valence-corrected chi connectivity index (χ4v) is 7.33. The zero-order valence-electron chi connectivity index (χ0n) is 32.4. The number of nitrogens with zero attached hydrogens (tertiary/aromatic N) is 8. The number of hydrogen-bond acceptors (Lipinski definition) is 11. The second-order valence-electron chi connectivity index (χ2n) is 14.1. The van der Waals surface area contributed by atoms with Crippen LogP contribution in [0, 0.1) is 11.6 Å². The molecule has 4 heterocycles. The van der Waals surface area contributed by atoms with Gasteiger partial charge in [-0.1, -0.05) is 25.1 Å². The normalized spacial score (nSPS) is 18.6. The van der Waals surface area contributed by atoms with Gasteiger partial charge in [0, 0.05) is 49.2 Å². The van der Waals surface area contributed by atoms with Crippen molar-refractivity contribution in [3.63, 3.8) is 0 Å². The number of aromatic nitrogens is 6. The van der Waals surface area contributed by atoms with Crippen LogP contribution in [0.25, 0.3) is 5.69 Å². The van der Waals surface area contributed by atoms with Gasteiger partial charge in [0.15, 0.2) is 0 Å². The van der Waals surface area contributed by atoms with Gasteiger partial charge in [0.1, 0.15) is 55.6 Å². The zero-order valence-corrected chi connectivity index (χ0v) is 33.2. The zero-order chi connectivity index (χ0) is 41.6. The highest BCUT2D eigenvalue weighted by atomic mass is 32.2. The Bertz CT molecular complexity index is 2460. The van der Waals surface area contributed by atoms with Gasteiger partial charge in [-0.2, -0.15) is 18.6 Å². The molecule has 2 aliphatic heterocycles. The van der Waals surface area contributed by atoms with Gasteiger partial charge in [-0.15, -0.1) is 0 Å². The lowest BCUT2D eigenvalue weighted by molar-refractivity contribution is -0.192. The maximum Gasteiger partial charge on any atom is 0.350 e. The summed E-state index contributed by atoms with van der Waals surface area (Å²) in [6, 6.07) is 26.7. The van der Waals surface area contributed by atoms with E-state index < -0.39 is 33.6 Å². The number of hydrogen-bond donors (Lipinski definition) is 1. The van der Waals surface area contributed by atoms with Gasteiger partial charge in [-0.3, -0.25) is 4.55 Å². The molecular weight excluding hydrogens is 787 g/mol. The molecule has 1 N–H and O–H groups in total. The molecule has 2 saturated heterocycles. The first-order valence-electron chi connectivity index (χ1n) is 19.0. The minimum Gasteiger partial charge on any atom is -0.491 e. The summed E-state index contributed by atoms with van der Waals surface area (Å²) in [6.45, 7) is 7.80. The molecule has 8 rings (SSSR count). The molecule has 15 nitrogen and oxygen atoms in total. The third-order valence-corrected chi connectivity index (χ3v) is 11.1. The molecule has 2 aromatic heterocycles. The van der Waals surface area contributed by atoms with E-state index in [0.717, 1.165) is 55.7 Å². The van der Waals surface area contributed by atoms with Crippen molar-refractivity contribution in [2.45, 2.75) is 49.6 Å². The molecule has 3 atom stereocenters. The van der Waals surface area contributed by atoms with Gasteiger partial charge in [-0.05, 0) is 86.1 Å². The summed E-state index contributed by atoms with van der Waals surface area (Å²) in [4.78, 5) is 21.3. The monoisotopic (exact) mass is 830 g/mol. The fraction of sp³-hybridized carbons (Fsp3) is 0.317. The second-order valence-corrected chi connectivity index (χ2v) is 15.5. The molecule has 6 aromatic rings. The third kappa shape index (κ3) is 9.68. The van der Waals surface area contributed by atoms with E-state index in [0.29, 0.717) is 5.75 Å². The molecule has 2 fully saturated rings. The minimum atomic E-state index is -4.00. The molecule has 0 radical (unpaired) electrons. The van der Waals surface area contributed by atoms with Gasteiger partial charge in [0.2, 0.25) is 5.79 Å². The SMILES string of the molecule is CCC(C)n1ncn(-c2ccc(N3CCN(c4ccc(OC[C@H]5CO[C@](Cn6cncn6)(c6ccc(F)cc6F)O5)cc4)CC3)cc2)c1=O.O=S(=O)(O)c1ccccc1. The van der Waals surface area contributed by atoms with Crippen LogP contribution in [0.4, 0.5) is 20.2 Å². The maximum atomic E-state index is 14.9. The third-order valence-electron chi connectivity index (χ3n) is 10.2. The highest BCUT2D eigenvalue weighted by Crippen LogP contribution is 2.38. The van der Waals surface area contributed by atoms with Crippen LogP contribution in [0.2, 0.25) is 0 Å². The van der Waals surface area contributed by atoms with Gasteiger partial charge < -0.3 is 24.0 Å². The van der Waals surface area contributed by atoms with Crippen molar-refractivity contribution >= 4 is 21.5 Å². The summed E-state index contributed by atoms with van der Waals surface area (Å²) >= 11 is 0. The Morgan fingerprint density at radius 3 is 2.10 bits per heavy atom. The van der Waals surface area contributed by atoms with Gasteiger partial charge in [-0.25, -0.2) is 32.5 Å². The average molecular weight is 831 g/mol. The lowest BCUT2D eigenvalue weighted by atomic mass is 10.0. The van der Waals surface area contributed by atoms with Gasteiger partial charge in [0.05, 0.1) is 23.2 Å². The van der Waals surface area contributed by atoms with Crippen LogP contribution >= 0.6 is 0 Å². The van der Waals surface area contributed by atoms with E-state index in [1.807, 2.05) is 50.2 Å². The molecule has 0 bridgehead atoms. The van der Waals surface area contributed by atoms with E-state index in [1.54, 1.807) is 29.1 Å². The first-order chi connectivity index (χ1) is 28.4. The van der Waals surface area contributed by atoms with Crippen molar-refractivity contribution < 1.29 is 36.0 Å². The molecule has 1 unspecified atom stereocenters. The van der Waals surface area contributed by atoms with Crippen LogP contribution in [0.3, 0.4) is 0 Å². The Hall–Kier alpha value is -5.95. The first-order valence-corrected chi connectivity index (χ1v) is 20.5. The predicted octanol–water partition coefficient (Wildman–Crippen LogP) is 5.48. The summed E-state index contributed by atoms with van der Waals surface area (Å²) in [6.07, 6.45) is 4.77. The number of rotatable bonds is 12. The quantitative estimate of drug-likeness (QED) is 0.155. The van der Waals surface area contributed by atoms with Crippen molar-refractivity contribution in [2.24, 2.45) is 0 Å². The van der Waals surface area contributed by atoms with E-state index in [9.17, 15) is 22.0 Å². The Morgan fingerprint density at radius 2 is 1.53 bits per heavy atom. The Kier molecular flexibility index (Phi) is 12.5. The molecule has 0 spiro atoms. The van der Waals surface area contributed by atoms with E-state index in [2.05, 4.69) is 37.1 Å². The standard InChI is InChI=1S/C35H38F2N8O4.C6H6O3S/c1-3-25(2)45-34(46)44(24-40-45)29-7-5-27(6-8-29)41-14-16-42(17-15-41)28-9-11-30(12-10-28)47-19-31-20-48-35(49-31,21-43-23-38-22-39-43)32-13-4-26(36)18-33(32)37;7-10(8,9)6-4-2-1-3-5-6/h4-13,18,22-25,31H,3,14-17,19-21H2,1-2H3;1-5H,(H,7,8,9)/t25?,31-,35-;/m0./s1. The predicted molar refractivity (Wildman–Crippen MR) is 214 cm³/mol. The summed E-state index contributed by atoms with van der Waals surface area (Å²) in [5, 5.41) is 8.39. The Morgan fingerprint density at radius 1 is 0.881 bits per heavy atom. The summed E-state index contributed by atoms with van der Waals surface area (Å²) in [5.41, 5.74) is 2.95. The van der Waals surface area contributed by atoms with Crippen molar-refractivity contribution in [2.75, 3.05) is 49.2 Å². The summed E-state index contributed by atoms with van der Waals surface area (Å²) < 4.78 is 80.7. The molecule has 310 valence electrons. The Labute approximate surface area is 339 Å².